The average molecular weight is 334 g/mol. The number of hydrogen-bond acceptors (Lipinski definition) is 4. The molecule has 24 heavy (non-hydrogen) atoms. The number of nitrogens with one attached hydrogen (secondary N) is 1. The Morgan fingerprint density at radius 3 is 2.58 bits per heavy atom. The molecule has 0 aromatic carbocycles. The molecule has 2 amide bonds. The minimum Gasteiger partial charge on any atom is -0.377 e. The fraction of sp³-hybridized carbons (Fsp3) is 0.647. The van der Waals surface area contributed by atoms with Crippen LogP contribution < -0.4 is 11.1 Å². The predicted octanol–water partition coefficient (Wildman–Crippen LogP) is 0.809. The summed E-state index contributed by atoms with van der Waals surface area (Å²) < 4.78 is 7.53. The van der Waals surface area contributed by atoms with Crippen molar-refractivity contribution in [1.29, 1.82) is 0 Å². The van der Waals surface area contributed by atoms with Gasteiger partial charge in [0.1, 0.15) is 5.69 Å². The van der Waals surface area contributed by atoms with Crippen molar-refractivity contribution < 1.29 is 14.3 Å². The van der Waals surface area contributed by atoms with E-state index < -0.39 is 5.91 Å². The molecule has 2 aliphatic rings. The highest BCUT2D eigenvalue weighted by atomic mass is 16.5. The van der Waals surface area contributed by atoms with Gasteiger partial charge in [0.15, 0.2) is 0 Å². The maximum absolute atomic E-state index is 12.7. The number of piperidine rings is 1. The Kier molecular flexibility index (Phi) is 4.91. The van der Waals surface area contributed by atoms with Crippen LogP contribution in [0.5, 0.6) is 0 Å². The third-order valence-corrected chi connectivity index (χ3v) is 5.23. The number of aromatic nitrogens is 1. The molecule has 0 spiro atoms. The summed E-state index contributed by atoms with van der Waals surface area (Å²) in [5.74, 6) is -0.225. The fourth-order valence-electron chi connectivity index (χ4n) is 3.83. The van der Waals surface area contributed by atoms with Gasteiger partial charge in [-0.25, -0.2) is 0 Å². The average Bonchev–Trinajstić information content (AvgIpc) is 3.15. The number of rotatable bonds is 4. The summed E-state index contributed by atoms with van der Waals surface area (Å²) in [5, 5.41) is 2.92. The van der Waals surface area contributed by atoms with Crippen LogP contribution in [0.4, 0.5) is 5.69 Å². The van der Waals surface area contributed by atoms with Crippen molar-refractivity contribution in [3.63, 3.8) is 0 Å². The van der Waals surface area contributed by atoms with Gasteiger partial charge in [-0.3, -0.25) is 9.59 Å². The highest BCUT2D eigenvalue weighted by Gasteiger charge is 2.40. The minimum absolute atomic E-state index is 0.00183. The lowest BCUT2D eigenvalue weighted by Crippen LogP contribution is -2.40. The van der Waals surface area contributed by atoms with Gasteiger partial charge in [0, 0.05) is 19.9 Å². The van der Waals surface area contributed by atoms with Crippen molar-refractivity contribution in [3.8, 4) is 0 Å². The summed E-state index contributed by atoms with van der Waals surface area (Å²) in [6.45, 7) is 2.75. The van der Waals surface area contributed by atoms with Crippen LogP contribution in [0.15, 0.2) is 12.3 Å². The van der Waals surface area contributed by atoms with E-state index >= 15 is 0 Å². The Morgan fingerprint density at radius 2 is 1.96 bits per heavy atom. The number of carbonyl (C=O) groups excluding carboxylic acids is 2. The van der Waals surface area contributed by atoms with Gasteiger partial charge in [0.2, 0.25) is 5.91 Å². The molecule has 0 aliphatic carbocycles. The zero-order valence-electron chi connectivity index (χ0n) is 14.3. The van der Waals surface area contributed by atoms with Crippen LogP contribution in [0.25, 0.3) is 0 Å². The highest BCUT2D eigenvalue weighted by molar-refractivity contribution is 5.96. The molecule has 1 aromatic heterocycles. The summed E-state index contributed by atoms with van der Waals surface area (Å²) in [7, 11) is 3.86. The maximum atomic E-state index is 12.7. The number of anilines is 1. The zero-order valence-corrected chi connectivity index (χ0v) is 14.3. The molecule has 1 aromatic rings. The first kappa shape index (κ1) is 17.0. The number of carbonyl (C=O) groups is 2. The van der Waals surface area contributed by atoms with E-state index in [-0.39, 0.29) is 17.9 Å². The molecule has 3 heterocycles. The molecule has 2 atom stereocenters. The molecule has 3 N–H and O–H groups in total. The Labute approximate surface area is 142 Å². The second-order valence-corrected chi connectivity index (χ2v) is 6.95. The van der Waals surface area contributed by atoms with Crippen molar-refractivity contribution in [3.05, 3.63) is 18.0 Å². The number of hydrogen-bond donors (Lipinski definition) is 2. The summed E-state index contributed by atoms with van der Waals surface area (Å²) in [5.41, 5.74) is 6.29. The van der Waals surface area contributed by atoms with E-state index in [0.717, 1.165) is 32.4 Å². The molecular weight excluding hydrogens is 308 g/mol. The second-order valence-electron chi connectivity index (χ2n) is 6.95. The van der Waals surface area contributed by atoms with Crippen molar-refractivity contribution in [2.45, 2.75) is 25.4 Å². The molecule has 3 rings (SSSR count). The van der Waals surface area contributed by atoms with Crippen LogP contribution in [0.1, 0.15) is 29.8 Å². The molecule has 7 nitrogen and oxygen atoms in total. The van der Waals surface area contributed by atoms with Gasteiger partial charge in [0.05, 0.1) is 17.7 Å². The van der Waals surface area contributed by atoms with Gasteiger partial charge < -0.3 is 25.3 Å². The Bertz CT molecular complexity index is 619. The fourth-order valence-corrected chi connectivity index (χ4v) is 3.83. The van der Waals surface area contributed by atoms with Crippen LogP contribution in [-0.4, -0.2) is 54.1 Å². The molecule has 7 heteroatoms. The van der Waals surface area contributed by atoms with Crippen LogP contribution >= 0.6 is 0 Å². The smallest absolute Gasteiger partial charge is 0.265 e. The van der Waals surface area contributed by atoms with Crippen molar-refractivity contribution in [2.75, 3.05) is 32.1 Å². The molecule has 2 fully saturated rings. The summed E-state index contributed by atoms with van der Waals surface area (Å²) in [6, 6.07) is 1.61. The van der Waals surface area contributed by atoms with Crippen LogP contribution in [0.3, 0.4) is 0 Å². The lowest BCUT2D eigenvalue weighted by molar-refractivity contribution is -0.122. The van der Waals surface area contributed by atoms with Gasteiger partial charge in [-0.15, -0.1) is 0 Å². The van der Waals surface area contributed by atoms with E-state index in [2.05, 4.69) is 17.3 Å². The topological polar surface area (TPSA) is 89.6 Å². The van der Waals surface area contributed by atoms with Gasteiger partial charge >= 0.3 is 0 Å². The highest BCUT2D eigenvalue weighted by Crippen LogP contribution is 2.33. The van der Waals surface area contributed by atoms with Crippen LogP contribution in [0.2, 0.25) is 0 Å². The number of nitrogens with zero attached hydrogens (tertiary/aromatic N) is 2. The number of amides is 2. The van der Waals surface area contributed by atoms with E-state index in [1.54, 1.807) is 23.9 Å². The predicted molar refractivity (Wildman–Crippen MR) is 90.6 cm³/mol. The molecule has 0 bridgehead atoms. The second kappa shape index (κ2) is 6.94. The first-order valence-corrected chi connectivity index (χ1v) is 8.53. The molecule has 0 radical (unpaired) electrons. The largest absolute Gasteiger partial charge is 0.377 e. The molecule has 132 valence electrons. The third-order valence-electron chi connectivity index (χ3n) is 5.23. The Balaban J connectivity index is 1.65. The van der Waals surface area contributed by atoms with E-state index in [1.165, 1.54) is 0 Å². The standard InChI is InChI=1S/C17H26N4O3/c1-20-6-3-11(4-7-20)15-13(5-8-24-15)17(23)19-12-9-14(16(18)22)21(2)10-12/h9-11,13,15H,3-8H2,1-2H3,(H2,18,22)(H,19,23)/t13-,15+/m0/s1. The molecule has 0 saturated carbocycles. The third kappa shape index (κ3) is 3.47. The normalized spacial score (nSPS) is 25.8. The van der Waals surface area contributed by atoms with Gasteiger partial charge in [-0.2, -0.15) is 0 Å². The van der Waals surface area contributed by atoms with Gasteiger partial charge in [0.25, 0.3) is 5.91 Å². The molecule has 2 aliphatic heterocycles. The Morgan fingerprint density at radius 1 is 1.25 bits per heavy atom. The lowest BCUT2D eigenvalue weighted by Gasteiger charge is -2.34. The quantitative estimate of drug-likeness (QED) is 0.853. The lowest BCUT2D eigenvalue weighted by atomic mass is 9.84. The van der Waals surface area contributed by atoms with E-state index in [9.17, 15) is 9.59 Å². The number of nitrogens with two attached hydrogens (primary N) is 1. The van der Waals surface area contributed by atoms with Crippen molar-refractivity contribution in [2.24, 2.45) is 24.6 Å². The molecular formula is C17H26N4O3. The Hall–Kier alpha value is -1.86. The molecule has 2 saturated heterocycles. The van der Waals surface area contributed by atoms with Crippen LogP contribution in [0, 0.1) is 11.8 Å². The summed E-state index contributed by atoms with van der Waals surface area (Å²) in [4.78, 5) is 26.3. The monoisotopic (exact) mass is 334 g/mol. The number of likely N-dealkylation sites (tertiary alicyclic amines) is 1. The van der Waals surface area contributed by atoms with E-state index in [1.807, 2.05) is 0 Å². The van der Waals surface area contributed by atoms with Crippen molar-refractivity contribution in [1.82, 2.24) is 9.47 Å². The van der Waals surface area contributed by atoms with E-state index in [4.69, 9.17) is 10.5 Å². The molecule has 0 unspecified atom stereocenters. The maximum Gasteiger partial charge on any atom is 0.265 e. The summed E-state index contributed by atoms with van der Waals surface area (Å²) in [6.07, 6.45) is 4.60. The van der Waals surface area contributed by atoms with E-state index in [0.29, 0.717) is 23.9 Å². The SMILES string of the molecule is CN1CCC([C@H]2OCC[C@@H]2C(=O)Nc2cc(C(N)=O)n(C)c2)CC1. The van der Waals surface area contributed by atoms with Gasteiger partial charge in [-0.05, 0) is 51.4 Å². The zero-order chi connectivity index (χ0) is 17.3. The first-order chi connectivity index (χ1) is 11.5. The minimum atomic E-state index is -0.508. The number of ether oxygens (including phenoxy) is 1. The van der Waals surface area contributed by atoms with Gasteiger partial charge in [-0.1, -0.05) is 0 Å². The van der Waals surface area contributed by atoms with Crippen LogP contribution in [-0.2, 0) is 16.6 Å². The first-order valence-electron chi connectivity index (χ1n) is 8.53. The number of aryl methyl sites for hydroxylation is 1. The number of primary amides is 1. The summed E-state index contributed by atoms with van der Waals surface area (Å²) >= 11 is 0. The van der Waals surface area contributed by atoms with Crippen molar-refractivity contribution >= 4 is 17.5 Å².